The Kier molecular flexibility index (Phi) is 3.67. The molecule has 92 valence electrons. The van der Waals surface area contributed by atoms with E-state index in [0.717, 1.165) is 5.56 Å². The molecule has 0 spiro atoms. The minimum atomic E-state index is -0.407. The minimum Gasteiger partial charge on any atom is -0.337 e. The van der Waals surface area contributed by atoms with Crippen molar-refractivity contribution in [2.24, 2.45) is 0 Å². The molecule has 2 rings (SSSR count). The van der Waals surface area contributed by atoms with Gasteiger partial charge >= 0.3 is 0 Å². The van der Waals surface area contributed by atoms with Crippen molar-refractivity contribution < 1.29 is 9.18 Å². The van der Waals surface area contributed by atoms with E-state index < -0.39 is 5.82 Å². The molecule has 0 bridgehead atoms. The highest BCUT2D eigenvalue weighted by Crippen LogP contribution is 2.09. The van der Waals surface area contributed by atoms with Crippen molar-refractivity contribution in [3.8, 4) is 0 Å². The summed E-state index contributed by atoms with van der Waals surface area (Å²) in [6.07, 6.45) is 3.38. The van der Waals surface area contributed by atoms with E-state index in [9.17, 15) is 9.18 Å². The lowest BCUT2D eigenvalue weighted by Crippen LogP contribution is -2.26. The van der Waals surface area contributed by atoms with Crippen LogP contribution in [0.3, 0.4) is 0 Å². The third kappa shape index (κ3) is 2.91. The van der Waals surface area contributed by atoms with Crippen LogP contribution in [0.15, 0.2) is 48.8 Å². The summed E-state index contributed by atoms with van der Waals surface area (Å²) in [5, 5.41) is 0. The van der Waals surface area contributed by atoms with Crippen LogP contribution in [0.4, 0.5) is 4.39 Å². The highest BCUT2D eigenvalue weighted by Gasteiger charge is 2.12. The van der Waals surface area contributed by atoms with Gasteiger partial charge in [0.1, 0.15) is 5.82 Å². The van der Waals surface area contributed by atoms with Gasteiger partial charge < -0.3 is 4.90 Å². The van der Waals surface area contributed by atoms with E-state index in [1.165, 1.54) is 23.1 Å². The number of hydrogen-bond acceptors (Lipinski definition) is 2. The highest BCUT2D eigenvalue weighted by atomic mass is 19.1. The lowest BCUT2D eigenvalue weighted by atomic mass is 10.2. The average molecular weight is 244 g/mol. The molecule has 0 atom stereocenters. The zero-order valence-electron chi connectivity index (χ0n) is 10.0. The molecule has 0 radical (unpaired) electrons. The molecule has 3 nitrogen and oxygen atoms in total. The van der Waals surface area contributed by atoms with E-state index in [2.05, 4.69) is 4.98 Å². The summed E-state index contributed by atoms with van der Waals surface area (Å²) in [5.41, 5.74) is 1.28. The largest absolute Gasteiger partial charge is 0.337 e. The van der Waals surface area contributed by atoms with Crippen LogP contribution in [0.2, 0.25) is 0 Å². The number of amides is 1. The number of carbonyl (C=O) groups is 1. The zero-order valence-corrected chi connectivity index (χ0v) is 10.0. The van der Waals surface area contributed by atoms with E-state index >= 15 is 0 Å². The first-order valence-electron chi connectivity index (χ1n) is 5.57. The molecular weight excluding hydrogens is 231 g/mol. The SMILES string of the molecule is CN(Cc1cccnc1)C(=O)c1cccc(F)c1. The van der Waals surface area contributed by atoms with Gasteiger partial charge in [0.15, 0.2) is 0 Å². The Morgan fingerprint density at radius 3 is 2.83 bits per heavy atom. The number of nitrogens with zero attached hydrogens (tertiary/aromatic N) is 2. The summed E-state index contributed by atoms with van der Waals surface area (Å²) in [7, 11) is 1.68. The first-order chi connectivity index (χ1) is 8.66. The lowest BCUT2D eigenvalue weighted by Gasteiger charge is -2.17. The number of hydrogen-bond donors (Lipinski definition) is 0. The van der Waals surface area contributed by atoms with E-state index in [0.29, 0.717) is 12.1 Å². The van der Waals surface area contributed by atoms with E-state index in [-0.39, 0.29) is 5.91 Å². The summed E-state index contributed by atoms with van der Waals surface area (Å²) < 4.78 is 13.0. The monoisotopic (exact) mass is 244 g/mol. The predicted molar refractivity (Wildman–Crippen MR) is 66.4 cm³/mol. The van der Waals surface area contributed by atoms with E-state index in [4.69, 9.17) is 0 Å². The number of rotatable bonds is 3. The fraction of sp³-hybridized carbons (Fsp3) is 0.143. The van der Waals surface area contributed by atoms with Gasteiger partial charge in [0.2, 0.25) is 0 Å². The standard InChI is InChI=1S/C14H13FN2O/c1-17(10-11-4-3-7-16-9-11)14(18)12-5-2-6-13(15)8-12/h2-9H,10H2,1H3. The Morgan fingerprint density at radius 1 is 1.33 bits per heavy atom. The van der Waals surface area contributed by atoms with Crippen molar-refractivity contribution >= 4 is 5.91 Å². The third-order valence-corrected chi connectivity index (χ3v) is 2.56. The van der Waals surface area contributed by atoms with Gasteiger partial charge in [0.05, 0.1) is 0 Å². The van der Waals surface area contributed by atoms with Crippen LogP contribution in [0.1, 0.15) is 15.9 Å². The normalized spacial score (nSPS) is 10.1. The first kappa shape index (κ1) is 12.2. The van der Waals surface area contributed by atoms with Crippen LogP contribution >= 0.6 is 0 Å². The number of aromatic nitrogens is 1. The molecule has 1 aromatic carbocycles. The average Bonchev–Trinajstić information content (AvgIpc) is 2.39. The van der Waals surface area contributed by atoms with Gasteiger partial charge in [-0.05, 0) is 29.8 Å². The summed E-state index contributed by atoms with van der Waals surface area (Å²) in [4.78, 5) is 17.6. The van der Waals surface area contributed by atoms with Gasteiger partial charge in [-0.25, -0.2) is 4.39 Å². The molecule has 0 fully saturated rings. The van der Waals surface area contributed by atoms with Crippen LogP contribution in [-0.4, -0.2) is 22.8 Å². The van der Waals surface area contributed by atoms with E-state index in [1.807, 2.05) is 12.1 Å². The van der Waals surface area contributed by atoms with Gasteiger partial charge in [-0.1, -0.05) is 12.1 Å². The lowest BCUT2D eigenvalue weighted by molar-refractivity contribution is 0.0784. The molecule has 18 heavy (non-hydrogen) atoms. The van der Waals surface area contributed by atoms with Crippen molar-refractivity contribution in [2.45, 2.75) is 6.54 Å². The summed E-state index contributed by atoms with van der Waals surface area (Å²) in [5.74, 6) is -0.617. The number of benzene rings is 1. The van der Waals surface area contributed by atoms with Crippen LogP contribution in [0, 0.1) is 5.82 Å². The molecule has 0 saturated heterocycles. The molecular formula is C14H13FN2O. The fourth-order valence-corrected chi connectivity index (χ4v) is 1.68. The van der Waals surface area contributed by atoms with Gasteiger partial charge in [-0.15, -0.1) is 0 Å². The molecule has 0 aliphatic rings. The summed E-state index contributed by atoms with van der Waals surface area (Å²) in [6.45, 7) is 0.448. The van der Waals surface area contributed by atoms with E-state index in [1.54, 1.807) is 25.5 Å². The molecule has 0 aliphatic carbocycles. The number of pyridine rings is 1. The minimum absolute atomic E-state index is 0.210. The maximum atomic E-state index is 13.0. The van der Waals surface area contributed by atoms with Crippen molar-refractivity contribution in [2.75, 3.05) is 7.05 Å². The Morgan fingerprint density at radius 2 is 2.17 bits per heavy atom. The van der Waals surface area contributed by atoms with Crippen molar-refractivity contribution in [3.05, 3.63) is 65.7 Å². The van der Waals surface area contributed by atoms with Crippen LogP contribution in [0.5, 0.6) is 0 Å². The molecule has 1 amide bonds. The Balaban J connectivity index is 2.10. The van der Waals surface area contributed by atoms with Crippen LogP contribution in [-0.2, 0) is 6.54 Å². The van der Waals surface area contributed by atoms with Crippen LogP contribution in [0.25, 0.3) is 0 Å². The molecule has 2 aromatic rings. The van der Waals surface area contributed by atoms with Crippen molar-refractivity contribution in [1.29, 1.82) is 0 Å². The molecule has 1 heterocycles. The maximum absolute atomic E-state index is 13.0. The smallest absolute Gasteiger partial charge is 0.253 e. The molecule has 0 aliphatic heterocycles. The van der Waals surface area contributed by atoms with Gasteiger partial charge in [0.25, 0.3) is 5.91 Å². The molecule has 0 saturated carbocycles. The van der Waals surface area contributed by atoms with Crippen molar-refractivity contribution in [1.82, 2.24) is 9.88 Å². The second-order valence-corrected chi connectivity index (χ2v) is 4.03. The van der Waals surface area contributed by atoms with Crippen LogP contribution < -0.4 is 0 Å². The third-order valence-electron chi connectivity index (χ3n) is 2.56. The highest BCUT2D eigenvalue weighted by molar-refractivity contribution is 5.93. The van der Waals surface area contributed by atoms with Gasteiger partial charge in [0, 0.05) is 31.5 Å². The second kappa shape index (κ2) is 5.40. The number of carbonyl (C=O) groups excluding carboxylic acids is 1. The van der Waals surface area contributed by atoms with Crippen molar-refractivity contribution in [3.63, 3.8) is 0 Å². The van der Waals surface area contributed by atoms with Gasteiger partial charge in [-0.2, -0.15) is 0 Å². The Bertz CT molecular complexity index is 543. The summed E-state index contributed by atoms with van der Waals surface area (Å²) >= 11 is 0. The number of halogens is 1. The molecule has 1 aromatic heterocycles. The quantitative estimate of drug-likeness (QED) is 0.831. The predicted octanol–water partition coefficient (Wildman–Crippen LogP) is 2.49. The molecule has 0 N–H and O–H groups in total. The van der Waals surface area contributed by atoms with Gasteiger partial charge in [-0.3, -0.25) is 9.78 Å². The Labute approximate surface area is 105 Å². The summed E-state index contributed by atoms with van der Waals surface area (Å²) in [6, 6.07) is 9.39. The maximum Gasteiger partial charge on any atom is 0.253 e. The molecule has 4 heteroatoms. The zero-order chi connectivity index (χ0) is 13.0. The Hall–Kier alpha value is -2.23. The second-order valence-electron chi connectivity index (χ2n) is 4.03. The fourth-order valence-electron chi connectivity index (χ4n) is 1.68. The first-order valence-corrected chi connectivity index (χ1v) is 5.57. The topological polar surface area (TPSA) is 33.2 Å². The molecule has 0 unspecified atom stereocenters.